The SMILES string of the molecule is Cc1c(C(=O)O)c2cc(=O)ccc-2cn1C. The van der Waals surface area contributed by atoms with E-state index >= 15 is 0 Å². The zero-order chi connectivity index (χ0) is 11.9. The van der Waals surface area contributed by atoms with Crippen molar-refractivity contribution in [1.29, 1.82) is 0 Å². The lowest BCUT2D eigenvalue weighted by Gasteiger charge is -2.15. The summed E-state index contributed by atoms with van der Waals surface area (Å²) in [4.78, 5) is 22.4. The van der Waals surface area contributed by atoms with E-state index in [1.165, 1.54) is 12.1 Å². The Morgan fingerprint density at radius 3 is 2.69 bits per heavy atom. The zero-order valence-corrected chi connectivity index (χ0v) is 9.02. The van der Waals surface area contributed by atoms with Gasteiger partial charge in [-0.3, -0.25) is 4.79 Å². The van der Waals surface area contributed by atoms with Gasteiger partial charge in [0.1, 0.15) is 0 Å². The van der Waals surface area contributed by atoms with E-state index in [9.17, 15) is 9.59 Å². The molecule has 0 aromatic carbocycles. The molecule has 2 rings (SSSR count). The Balaban J connectivity index is 2.96. The van der Waals surface area contributed by atoms with Gasteiger partial charge in [-0.15, -0.1) is 0 Å². The number of carbonyl (C=O) groups is 1. The van der Waals surface area contributed by atoms with Crippen LogP contribution in [-0.4, -0.2) is 15.6 Å². The first-order chi connectivity index (χ1) is 7.50. The predicted molar refractivity (Wildman–Crippen MR) is 60.0 cm³/mol. The number of carboxylic acids is 1. The van der Waals surface area contributed by atoms with E-state index in [2.05, 4.69) is 0 Å². The third-order valence-corrected chi connectivity index (χ3v) is 2.73. The summed E-state index contributed by atoms with van der Waals surface area (Å²) in [5, 5.41) is 9.16. The molecule has 0 unspecified atom stereocenters. The van der Waals surface area contributed by atoms with Crippen molar-refractivity contribution in [3.8, 4) is 11.1 Å². The van der Waals surface area contributed by atoms with Crippen molar-refractivity contribution in [2.45, 2.75) is 6.92 Å². The number of hydrogen-bond acceptors (Lipinski definition) is 2. The lowest BCUT2D eigenvalue weighted by Crippen LogP contribution is -2.12. The molecule has 4 nitrogen and oxygen atoms in total. The van der Waals surface area contributed by atoms with Gasteiger partial charge in [0.2, 0.25) is 0 Å². The van der Waals surface area contributed by atoms with Crippen LogP contribution in [0.5, 0.6) is 0 Å². The van der Waals surface area contributed by atoms with E-state index in [4.69, 9.17) is 5.11 Å². The van der Waals surface area contributed by atoms with Crippen LogP contribution in [-0.2, 0) is 7.05 Å². The van der Waals surface area contributed by atoms with Crippen LogP contribution < -0.4 is 5.43 Å². The number of fused-ring (bicyclic) bond motifs is 1. The van der Waals surface area contributed by atoms with Crippen LogP contribution in [0.4, 0.5) is 0 Å². The third kappa shape index (κ3) is 1.48. The van der Waals surface area contributed by atoms with E-state index < -0.39 is 5.97 Å². The quantitative estimate of drug-likeness (QED) is 0.787. The van der Waals surface area contributed by atoms with Crippen LogP contribution in [0.2, 0.25) is 0 Å². The van der Waals surface area contributed by atoms with Crippen molar-refractivity contribution in [3.05, 3.63) is 45.9 Å². The molecule has 0 aromatic rings. The molecular formula is C12H11NO3. The standard InChI is InChI=1S/C12H11NO3/c1-7-11(12(15)16)10-5-9(14)4-3-8(10)6-13(7)2/h3-6H,1-2H3,(H,15,16). The van der Waals surface area contributed by atoms with Gasteiger partial charge in [-0.2, -0.15) is 0 Å². The molecule has 0 atom stereocenters. The first-order valence-corrected chi connectivity index (χ1v) is 4.84. The van der Waals surface area contributed by atoms with Crippen LogP contribution in [0, 0.1) is 6.92 Å². The average Bonchev–Trinajstić information content (AvgIpc) is 2.20. The first kappa shape index (κ1) is 10.4. The van der Waals surface area contributed by atoms with Gasteiger partial charge >= 0.3 is 5.97 Å². The second-order valence-corrected chi connectivity index (χ2v) is 3.75. The topological polar surface area (TPSA) is 59.3 Å². The molecular weight excluding hydrogens is 206 g/mol. The number of rotatable bonds is 1. The molecule has 1 N–H and O–H groups in total. The van der Waals surface area contributed by atoms with Crippen molar-refractivity contribution in [3.63, 3.8) is 0 Å². The van der Waals surface area contributed by atoms with E-state index in [1.54, 1.807) is 24.6 Å². The summed E-state index contributed by atoms with van der Waals surface area (Å²) < 4.78 is 1.75. The molecule has 0 saturated heterocycles. The third-order valence-electron chi connectivity index (χ3n) is 2.73. The fourth-order valence-corrected chi connectivity index (χ4v) is 1.81. The van der Waals surface area contributed by atoms with Crippen molar-refractivity contribution in [1.82, 2.24) is 4.57 Å². The highest BCUT2D eigenvalue weighted by Crippen LogP contribution is 2.26. The largest absolute Gasteiger partial charge is 0.478 e. The Kier molecular flexibility index (Phi) is 2.27. The minimum absolute atomic E-state index is 0.178. The smallest absolute Gasteiger partial charge is 0.338 e. The number of hydrogen-bond donors (Lipinski definition) is 1. The van der Waals surface area contributed by atoms with Crippen LogP contribution in [0.25, 0.3) is 11.1 Å². The van der Waals surface area contributed by atoms with Crippen LogP contribution in [0.15, 0.2) is 29.2 Å². The van der Waals surface area contributed by atoms with Gasteiger partial charge in [0.25, 0.3) is 0 Å². The maximum atomic E-state index is 11.3. The Bertz CT molecular complexity index is 598. The number of pyridine rings is 1. The highest BCUT2D eigenvalue weighted by atomic mass is 16.4. The van der Waals surface area contributed by atoms with Crippen molar-refractivity contribution >= 4 is 5.97 Å². The maximum Gasteiger partial charge on any atom is 0.338 e. The molecule has 0 saturated carbocycles. The molecule has 1 aliphatic carbocycles. The van der Waals surface area contributed by atoms with Gasteiger partial charge < -0.3 is 9.67 Å². The van der Waals surface area contributed by atoms with Gasteiger partial charge in [0, 0.05) is 24.5 Å². The molecule has 0 aromatic heterocycles. The second kappa shape index (κ2) is 3.48. The van der Waals surface area contributed by atoms with E-state index in [-0.39, 0.29) is 11.0 Å². The average molecular weight is 217 g/mol. The predicted octanol–water partition coefficient (Wildman–Crippen LogP) is 1.50. The monoisotopic (exact) mass is 217 g/mol. The number of aromatic carboxylic acids is 1. The molecule has 0 bridgehead atoms. The molecule has 82 valence electrons. The fourth-order valence-electron chi connectivity index (χ4n) is 1.81. The maximum absolute atomic E-state index is 11.3. The van der Waals surface area contributed by atoms with Crippen molar-refractivity contribution < 1.29 is 9.90 Å². The summed E-state index contributed by atoms with van der Waals surface area (Å²) in [6.07, 6.45) is 1.82. The molecule has 1 heterocycles. The number of benzene rings is 1. The summed E-state index contributed by atoms with van der Waals surface area (Å²) in [5.41, 5.74) is 1.90. The van der Waals surface area contributed by atoms with Crippen LogP contribution in [0.3, 0.4) is 0 Å². The number of aryl methyl sites for hydroxylation is 1. The second-order valence-electron chi connectivity index (χ2n) is 3.75. The molecule has 0 spiro atoms. The molecule has 4 heteroatoms. The highest BCUT2D eigenvalue weighted by molar-refractivity contribution is 5.97. The summed E-state index contributed by atoms with van der Waals surface area (Å²) in [6, 6.07) is 4.44. The number of carboxylic acid groups (broad SMARTS) is 1. The Labute approximate surface area is 92.1 Å². The molecule has 2 aliphatic rings. The number of aromatic nitrogens is 1. The van der Waals surface area contributed by atoms with Gasteiger partial charge in [-0.25, -0.2) is 4.79 Å². The Hall–Kier alpha value is -2.10. The Morgan fingerprint density at radius 1 is 1.38 bits per heavy atom. The lowest BCUT2D eigenvalue weighted by atomic mass is 9.98. The summed E-state index contributed by atoms with van der Waals surface area (Å²) in [6.45, 7) is 1.72. The Morgan fingerprint density at radius 2 is 2.06 bits per heavy atom. The fraction of sp³-hybridized carbons (Fsp3) is 0.167. The summed E-state index contributed by atoms with van der Waals surface area (Å²) in [7, 11) is 1.78. The van der Waals surface area contributed by atoms with Gasteiger partial charge in [0.05, 0.1) is 5.56 Å². The highest BCUT2D eigenvalue weighted by Gasteiger charge is 2.18. The summed E-state index contributed by atoms with van der Waals surface area (Å²) >= 11 is 0. The molecule has 0 radical (unpaired) electrons. The van der Waals surface area contributed by atoms with Gasteiger partial charge in [-0.05, 0) is 30.7 Å². The van der Waals surface area contributed by atoms with E-state index in [0.717, 1.165) is 5.56 Å². The molecule has 0 fully saturated rings. The summed E-state index contributed by atoms with van der Waals surface area (Å²) in [5.74, 6) is -1.01. The van der Waals surface area contributed by atoms with Crippen LogP contribution in [0.1, 0.15) is 16.1 Å². The minimum Gasteiger partial charge on any atom is -0.478 e. The number of nitrogens with zero attached hydrogens (tertiary/aromatic N) is 1. The van der Waals surface area contributed by atoms with E-state index in [0.29, 0.717) is 11.3 Å². The van der Waals surface area contributed by atoms with Gasteiger partial charge in [0.15, 0.2) is 5.43 Å². The van der Waals surface area contributed by atoms with Crippen molar-refractivity contribution in [2.75, 3.05) is 0 Å². The van der Waals surface area contributed by atoms with Crippen molar-refractivity contribution in [2.24, 2.45) is 7.05 Å². The molecule has 16 heavy (non-hydrogen) atoms. The zero-order valence-electron chi connectivity index (χ0n) is 9.02. The first-order valence-electron chi connectivity index (χ1n) is 4.84. The van der Waals surface area contributed by atoms with E-state index in [1.807, 2.05) is 6.20 Å². The van der Waals surface area contributed by atoms with Crippen LogP contribution >= 0.6 is 0 Å². The molecule has 0 amide bonds. The lowest BCUT2D eigenvalue weighted by molar-refractivity contribution is 0.0696. The van der Waals surface area contributed by atoms with Gasteiger partial charge in [-0.1, -0.05) is 0 Å². The normalized spacial score (nSPS) is 10.6. The molecule has 1 aliphatic heterocycles. The minimum atomic E-state index is -1.01.